The Kier molecular flexibility index (Phi) is 7.16. The molecule has 3 aromatic rings. The minimum absolute atomic E-state index is 0.183. The molecule has 0 aliphatic heterocycles. The number of hydrogen-bond donors (Lipinski definition) is 1. The summed E-state index contributed by atoms with van der Waals surface area (Å²) in [5, 5.41) is 14.3. The number of nitrogens with one attached hydrogen (secondary N) is 1. The molecular formula is C23H19N2O5-. The highest BCUT2D eigenvalue weighted by Crippen LogP contribution is 2.29. The fourth-order valence-corrected chi connectivity index (χ4v) is 2.60. The third-order valence-electron chi connectivity index (χ3n) is 3.97. The summed E-state index contributed by atoms with van der Waals surface area (Å²) < 4.78 is 10.7. The molecule has 3 aromatic carbocycles. The summed E-state index contributed by atoms with van der Waals surface area (Å²) in [6, 6.07) is 23.8. The minimum Gasteiger partial charge on any atom is -0.546 e. The molecule has 152 valence electrons. The van der Waals surface area contributed by atoms with Crippen molar-refractivity contribution in [1.29, 1.82) is 0 Å². The number of amides is 1. The largest absolute Gasteiger partial charge is 0.546 e. The van der Waals surface area contributed by atoms with Gasteiger partial charge in [-0.05, 0) is 41.5 Å². The zero-order chi connectivity index (χ0) is 21.2. The molecular weight excluding hydrogens is 384 g/mol. The number of ether oxygens (including phenoxy) is 2. The molecule has 0 saturated heterocycles. The Morgan fingerprint density at radius 2 is 1.57 bits per heavy atom. The summed E-state index contributed by atoms with van der Waals surface area (Å²) in [5.41, 5.74) is 5.00. The maximum absolute atomic E-state index is 12.0. The van der Waals surface area contributed by atoms with Gasteiger partial charge in [0.05, 0.1) is 12.2 Å². The number of carboxylic acid groups (broad SMARTS) is 1. The summed E-state index contributed by atoms with van der Waals surface area (Å²) in [6.07, 6.45) is 1.46. The molecule has 0 aliphatic rings. The van der Waals surface area contributed by atoms with Gasteiger partial charge in [-0.1, -0.05) is 48.5 Å². The number of hydrogen-bond acceptors (Lipinski definition) is 6. The van der Waals surface area contributed by atoms with Gasteiger partial charge >= 0.3 is 0 Å². The van der Waals surface area contributed by atoms with Gasteiger partial charge in [0.2, 0.25) is 0 Å². The number of carboxylic acids is 1. The smallest absolute Gasteiger partial charge is 0.277 e. The van der Waals surface area contributed by atoms with Gasteiger partial charge in [-0.15, -0.1) is 0 Å². The van der Waals surface area contributed by atoms with Crippen molar-refractivity contribution < 1.29 is 24.2 Å². The normalized spacial score (nSPS) is 10.5. The van der Waals surface area contributed by atoms with Crippen LogP contribution in [0.2, 0.25) is 0 Å². The summed E-state index contributed by atoms with van der Waals surface area (Å²) >= 11 is 0. The van der Waals surface area contributed by atoms with Gasteiger partial charge in [-0.3, -0.25) is 4.79 Å². The van der Waals surface area contributed by atoms with Crippen molar-refractivity contribution in [3.8, 4) is 22.6 Å². The molecule has 7 heteroatoms. The number of carbonyl (C=O) groups excluding carboxylic acids is 2. The Balaban J connectivity index is 1.50. The van der Waals surface area contributed by atoms with Crippen LogP contribution < -0.4 is 20.0 Å². The summed E-state index contributed by atoms with van der Waals surface area (Å²) in [6.45, 7) is -0.700. The van der Waals surface area contributed by atoms with Crippen LogP contribution in [0.3, 0.4) is 0 Å². The standard InChI is InChI=1S/C23H20N2O5/c26-22(25-24-14-17-10-12-19(13-11-17)29-16-23(27)28)15-30-21-9-5-4-8-20(21)18-6-2-1-3-7-18/h1-14H,15-16H2,(H,25,26)(H,27,28)/p-1/b24-14-. The Hall–Kier alpha value is -4.13. The lowest BCUT2D eigenvalue weighted by Gasteiger charge is -2.10. The predicted octanol–water partition coefficient (Wildman–Crippen LogP) is 2.01. The molecule has 0 saturated carbocycles. The van der Waals surface area contributed by atoms with E-state index in [1.54, 1.807) is 24.3 Å². The lowest BCUT2D eigenvalue weighted by molar-refractivity contribution is -0.307. The predicted molar refractivity (Wildman–Crippen MR) is 110 cm³/mol. The Morgan fingerprint density at radius 3 is 2.30 bits per heavy atom. The van der Waals surface area contributed by atoms with Gasteiger partial charge in [0.25, 0.3) is 5.91 Å². The molecule has 0 aromatic heterocycles. The molecule has 1 N–H and O–H groups in total. The second kappa shape index (κ2) is 10.4. The fourth-order valence-electron chi connectivity index (χ4n) is 2.60. The molecule has 0 unspecified atom stereocenters. The second-order valence-electron chi connectivity index (χ2n) is 6.17. The van der Waals surface area contributed by atoms with Crippen molar-refractivity contribution in [2.75, 3.05) is 13.2 Å². The fraction of sp³-hybridized carbons (Fsp3) is 0.0870. The van der Waals surface area contributed by atoms with Gasteiger partial charge in [-0.2, -0.15) is 5.10 Å². The molecule has 1 amide bonds. The Bertz CT molecular complexity index is 1020. The molecule has 0 radical (unpaired) electrons. The SMILES string of the molecule is O=C([O-])COc1ccc(/C=N\NC(=O)COc2ccccc2-c2ccccc2)cc1. The van der Waals surface area contributed by atoms with Crippen LogP contribution in [0.1, 0.15) is 5.56 Å². The average Bonchev–Trinajstić information content (AvgIpc) is 2.78. The molecule has 0 heterocycles. The monoisotopic (exact) mass is 403 g/mol. The highest BCUT2D eigenvalue weighted by molar-refractivity contribution is 5.83. The van der Waals surface area contributed by atoms with Crippen molar-refractivity contribution in [3.63, 3.8) is 0 Å². The number of hydrazone groups is 1. The van der Waals surface area contributed by atoms with Crippen molar-refractivity contribution in [3.05, 3.63) is 84.4 Å². The number of aliphatic carboxylic acids is 1. The van der Waals surface area contributed by atoms with Crippen molar-refractivity contribution in [2.24, 2.45) is 5.10 Å². The molecule has 0 aliphatic carbocycles. The molecule has 0 fully saturated rings. The van der Waals surface area contributed by atoms with E-state index < -0.39 is 18.5 Å². The van der Waals surface area contributed by atoms with Crippen LogP contribution >= 0.6 is 0 Å². The molecule has 0 bridgehead atoms. The van der Waals surface area contributed by atoms with Crippen molar-refractivity contribution in [1.82, 2.24) is 5.43 Å². The Labute approximate surface area is 173 Å². The van der Waals surface area contributed by atoms with E-state index in [4.69, 9.17) is 9.47 Å². The molecule has 0 spiro atoms. The highest BCUT2D eigenvalue weighted by Gasteiger charge is 2.07. The van der Waals surface area contributed by atoms with E-state index in [1.807, 2.05) is 54.6 Å². The van der Waals surface area contributed by atoms with E-state index in [-0.39, 0.29) is 6.61 Å². The summed E-state index contributed by atoms with van der Waals surface area (Å²) in [7, 11) is 0. The van der Waals surface area contributed by atoms with E-state index in [9.17, 15) is 14.7 Å². The second-order valence-corrected chi connectivity index (χ2v) is 6.17. The van der Waals surface area contributed by atoms with Crippen LogP contribution in [0, 0.1) is 0 Å². The molecule has 0 atom stereocenters. The van der Waals surface area contributed by atoms with Crippen LogP contribution in [0.4, 0.5) is 0 Å². The number of para-hydroxylation sites is 1. The van der Waals surface area contributed by atoms with Crippen LogP contribution in [0.15, 0.2) is 84.0 Å². The first-order chi connectivity index (χ1) is 14.6. The number of carbonyl (C=O) groups is 2. The third kappa shape index (κ3) is 6.20. The van der Waals surface area contributed by atoms with Crippen LogP contribution in [-0.2, 0) is 9.59 Å². The lowest BCUT2D eigenvalue weighted by atomic mass is 10.1. The first kappa shape index (κ1) is 20.6. The van der Waals surface area contributed by atoms with Gasteiger partial charge in [0.15, 0.2) is 6.61 Å². The van der Waals surface area contributed by atoms with E-state index in [0.29, 0.717) is 17.1 Å². The maximum Gasteiger partial charge on any atom is 0.277 e. The third-order valence-corrected chi connectivity index (χ3v) is 3.97. The first-order valence-corrected chi connectivity index (χ1v) is 9.13. The highest BCUT2D eigenvalue weighted by atomic mass is 16.5. The average molecular weight is 403 g/mol. The van der Waals surface area contributed by atoms with E-state index in [0.717, 1.165) is 11.1 Å². The number of benzene rings is 3. The topological polar surface area (TPSA) is 100 Å². The van der Waals surface area contributed by atoms with E-state index in [1.165, 1.54) is 6.21 Å². The van der Waals surface area contributed by atoms with Crippen LogP contribution in [0.25, 0.3) is 11.1 Å². The molecule has 30 heavy (non-hydrogen) atoms. The Morgan fingerprint density at radius 1 is 0.867 bits per heavy atom. The van der Waals surface area contributed by atoms with E-state index in [2.05, 4.69) is 10.5 Å². The van der Waals surface area contributed by atoms with Gasteiger partial charge in [-0.25, -0.2) is 5.43 Å². The maximum atomic E-state index is 12.0. The molecule has 3 rings (SSSR count). The van der Waals surface area contributed by atoms with E-state index >= 15 is 0 Å². The zero-order valence-corrected chi connectivity index (χ0v) is 16.0. The van der Waals surface area contributed by atoms with Gasteiger partial charge < -0.3 is 19.4 Å². The van der Waals surface area contributed by atoms with Crippen molar-refractivity contribution >= 4 is 18.1 Å². The van der Waals surface area contributed by atoms with Gasteiger partial charge in [0, 0.05) is 5.56 Å². The van der Waals surface area contributed by atoms with Crippen LogP contribution in [-0.4, -0.2) is 31.3 Å². The number of nitrogens with zero attached hydrogens (tertiary/aromatic N) is 1. The quantitative estimate of drug-likeness (QED) is 0.435. The first-order valence-electron chi connectivity index (χ1n) is 9.13. The van der Waals surface area contributed by atoms with Crippen molar-refractivity contribution in [2.45, 2.75) is 0 Å². The molecule has 7 nitrogen and oxygen atoms in total. The summed E-state index contributed by atoms with van der Waals surface area (Å²) in [4.78, 5) is 22.4. The number of rotatable bonds is 9. The lowest BCUT2D eigenvalue weighted by Crippen LogP contribution is -2.28. The zero-order valence-electron chi connectivity index (χ0n) is 16.0. The van der Waals surface area contributed by atoms with Gasteiger partial charge in [0.1, 0.15) is 18.1 Å². The van der Waals surface area contributed by atoms with Crippen LogP contribution in [0.5, 0.6) is 11.5 Å². The minimum atomic E-state index is -1.29. The summed E-state index contributed by atoms with van der Waals surface area (Å²) in [5.74, 6) is -0.694.